The van der Waals surface area contributed by atoms with E-state index in [4.69, 9.17) is 0 Å². The molecule has 1 amide bonds. The zero-order valence-electron chi connectivity index (χ0n) is 10.5. The van der Waals surface area contributed by atoms with E-state index in [0.29, 0.717) is 0 Å². The Labute approximate surface area is 103 Å². The van der Waals surface area contributed by atoms with Gasteiger partial charge in [0.15, 0.2) is 0 Å². The van der Waals surface area contributed by atoms with Crippen LogP contribution in [0.25, 0.3) is 0 Å². The van der Waals surface area contributed by atoms with Crippen molar-refractivity contribution in [3.63, 3.8) is 0 Å². The molecule has 1 unspecified atom stereocenters. The van der Waals surface area contributed by atoms with Gasteiger partial charge in [0.2, 0.25) is 5.91 Å². The van der Waals surface area contributed by atoms with Gasteiger partial charge in [-0.05, 0) is 6.54 Å². The molecule has 0 aliphatic rings. The number of carbonyl (C=O) groups excluding carboxylic acids is 2. The van der Waals surface area contributed by atoms with Gasteiger partial charge in [-0.3, -0.25) is 9.69 Å². The molecule has 8 heteroatoms. The number of alkyl halides is 3. The maximum absolute atomic E-state index is 12.2. The Balaban J connectivity index is 4.61. The summed E-state index contributed by atoms with van der Waals surface area (Å²) in [7, 11) is 1.11. The van der Waals surface area contributed by atoms with Crippen molar-refractivity contribution in [2.45, 2.75) is 26.1 Å². The fraction of sp³-hybridized carbons (Fsp3) is 0.800. The van der Waals surface area contributed by atoms with Crippen molar-refractivity contribution in [3.8, 4) is 0 Å². The van der Waals surface area contributed by atoms with Crippen molar-refractivity contribution in [1.82, 2.24) is 10.2 Å². The minimum absolute atomic E-state index is 0.104. The third-order valence-electron chi connectivity index (χ3n) is 2.15. The average Bonchev–Trinajstić information content (AvgIpc) is 2.23. The lowest BCUT2D eigenvalue weighted by atomic mass is 10.2. The molecule has 0 radical (unpaired) electrons. The Hall–Kier alpha value is -1.31. The summed E-state index contributed by atoms with van der Waals surface area (Å²) in [5.74, 6) is -1.28. The quantitative estimate of drug-likeness (QED) is 0.716. The first kappa shape index (κ1) is 16.7. The van der Waals surface area contributed by atoms with Crippen molar-refractivity contribution in [2.24, 2.45) is 0 Å². The number of ether oxygens (including phenoxy) is 1. The van der Waals surface area contributed by atoms with E-state index < -0.39 is 30.6 Å². The van der Waals surface area contributed by atoms with Gasteiger partial charge in [0.25, 0.3) is 0 Å². The maximum Gasteiger partial charge on any atom is 0.401 e. The van der Waals surface area contributed by atoms with Crippen LogP contribution in [0.1, 0.15) is 13.8 Å². The van der Waals surface area contributed by atoms with E-state index in [0.717, 1.165) is 12.0 Å². The topological polar surface area (TPSA) is 58.6 Å². The number of methoxy groups -OCH3 is 1. The zero-order chi connectivity index (χ0) is 14.3. The van der Waals surface area contributed by atoms with Crippen molar-refractivity contribution in [2.75, 3.05) is 26.7 Å². The number of hydrogen-bond donors (Lipinski definition) is 1. The first-order valence-corrected chi connectivity index (χ1v) is 5.33. The molecule has 0 heterocycles. The molecule has 0 aromatic rings. The van der Waals surface area contributed by atoms with Crippen LogP contribution in [-0.2, 0) is 14.3 Å². The summed E-state index contributed by atoms with van der Waals surface area (Å²) in [6, 6.07) is -1.10. The molecule has 0 saturated carbocycles. The van der Waals surface area contributed by atoms with Gasteiger partial charge in [0.1, 0.15) is 6.04 Å². The van der Waals surface area contributed by atoms with E-state index in [1.807, 2.05) is 0 Å². The van der Waals surface area contributed by atoms with E-state index >= 15 is 0 Å². The molecule has 0 bridgehead atoms. The van der Waals surface area contributed by atoms with Gasteiger partial charge in [0.05, 0.1) is 13.7 Å². The van der Waals surface area contributed by atoms with Crippen molar-refractivity contribution >= 4 is 11.9 Å². The largest absolute Gasteiger partial charge is 0.467 e. The summed E-state index contributed by atoms with van der Waals surface area (Å²) >= 11 is 0. The first-order chi connectivity index (χ1) is 8.19. The zero-order valence-corrected chi connectivity index (χ0v) is 10.5. The second-order valence-electron chi connectivity index (χ2n) is 3.72. The summed E-state index contributed by atoms with van der Waals surface area (Å²) in [5, 5.41) is 2.26. The molecule has 18 heavy (non-hydrogen) atoms. The van der Waals surface area contributed by atoms with Gasteiger partial charge < -0.3 is 10.1 Å². The minimum Gasteiger partial charge on any atom is -0.467 e. The van der Waals surface area contributed by atoms with E-state index in [-0.39, 0.29) is 13.1 Å². The third-order valence-corrected chi connectivity index (χ3v) is 2.15. The molecule has 0 rings (SSSR count). The molecular weight excluding hydrogens is 253 g/mol. The van der Waals surface area contributed by atoms with Crippen molar-refractivity contribution < 1.29 is 27.5 Å². The lowest BCUT2D eigenvalue weighted by Gasteiger charge is -2.26. The fourth-order valence-corrected chi connectivity index (χ4v) is 1.38. The van der Waals surface area contributed by atoms with Gasteiger partial charge in [-0.2, -0.15) is 13.2 Å². The SMILES string of the molecule is CCN(CC(NC(C)=O)C(=O)OC)CC(F)(F)F. The van der Waals surface area contributed by atoms with Crippen molar-refractivity contribution in [1.29, 1.82) is 0 Å². The lowest BCUT2D eigenvalue weighted by molar-refractivity contribution is -0.153. The number of nitrogens with zero attached hydrogens (tertiary/aromatic N) is 1. The Morgan fingerprint density at radius 1 is 1.39 bits per heavy atom. The summed E-state index contributed by atoms with van der Waals surface area (Å²) in [6.45, 7) is 1.43. The van der Waals surface area contributed by atoms with Gasteiger partial charge >= 0.3 is 12.1 Å². The molecule has 5 nitrogen and oxygen atoms in total. The Bertz CT molecular complexity index is 295. The van der Waals surface area contributed by atoms with E-state index in [9.17, 15) is 22.8 Å². The van der Waals surface area contributed by atoms with Crippen LogP contribution in [0.2, 0.25) is 0 Å². The van der Waals surface area contributed by atoms with Crippen LogP contribution in [0, 0.1) is 0 Å². The minimum atomic E-state index is -4.35. The molecule has 1 N–H and O–H groups in total. The highest BCUT2D eigenvalue weighted by molar-refractivity contribution is 5.83. The Kier molecular flexibility index (Phi) is 6.67. The molecular formula is C10H17F3N2O3. The summed E-state index contributed by atoms with van der Waals surface area (Å²) < 4.78 is 41.2. The lowest BCUT2D eigenvalue weighted by Crippen LogP contribution is -2.50. The Morgan fingerprint density at radius 2 is 1.94 bits per heavy atom. The predicted molar refractivity (Wildman–Crippen MR) is 57.8 cm³/mol. The molecule has 0 aromatic carbocycles. The molecule has 0 fully saturated rings. The molecule has 0 aliphatic carbocycles. The first-order valence-electron chi connectivity index (χ1n) is 5.33. The van der Waals surface area contributed by atoms with E-state index in [1.54, 1.807) is 0 Å². The second-order valence-corrected chi connectivity index (χ2v) is 3.72. The van der Waals surface area contributed by atoms with E-state index in [2.05, 4.69) is 10.1 Å². The average molecular weight is 270 g/mol. The second kappa shape index (κ2) is 7.20. The number of carbonyl (C=O) groups is 2. The maximum atomic E-state index is 12.2. The van der Waals surface area contributed by atoms with E-state index in [1.165, 1.54) is 13.8 Å². The van der Waals surface area contributed by atoms with Crippen LogP contribution in [0.3, 0.4) is 0 Å². The number of halogens is 3. The highest BCUT2D eigenvalue weighted by atomic mass is 19.4. The highest BCUT2D eigenvalue weighted by Crippen LogP contribution is 2.16. The number of hydrogen-bond acceptors (Lipinski definition) is 4. The monoisotopic (exact) mass is 270 g/mol. The number of esters is 1. The third kappa shape index (κ3) is 7.10. The highest BCUT2D eigenvalue weighted by Gasteiger charge is 2.32. The van der Waals surface area contributed by atoms with Crippen LogP contribution in [-0.4, -0.2) is 55.7 Å². The standard InChI is InChI=1S/C10H17F3N2O3/c1-4-15(6-10(11,12)13)5-8(9(17)18-3)14-7(2)16/h8H,4-6H2,1-3H3,(H,14,16). The molecule has 0 spiro atoms. The van der Waals surface area contributed by atoms with Gasteiger partial charge in [-0.15, -0.1) is 0 Å². The van der Waals surface area contributed by atoms with Gasteiger partial charge in [0, 0.05) is 13.5 Å². The molecule has 106 valence electrons. The van der Waals surface area contributed by atoms with Crippen LogP contribution < -0.4 is 5.32 Å². The predicted octanol–water partition coefficient (Wildman–Crippen LogP) is 0.548. The summed E-state index contributed by atoms with van der Waals surface area (Å²) in [5.41, 5.74) is 0. The smallest absolute Gasteiger partial charge is 0.401 e. The summed E-state index contributed by atoms with van der Waals surface area (Å²) in [4.78, 5) is 23.2. The number of rotatable bonds is 6. The Morgan fingerprint density at radius 3 is 2.28 bits per heavy atom. The number of likely N-dealkylation sites (N-methyl/N-ethyl adjacent to an activating group) is 1. The number of nitrogens with one attached hydrogen (secondary N) is 1. The molecule has 0 saturated heterocycles. The fourth-order valence-electron chi connectivity index (χ4n) is 1.38. The molecule has 1 atom stereocenters. The molecule has 0 aliphatic heterocycles. The van der Waals surface area contributed by atoms with Crippen LogP contribution in [0.4, 0.5) is 13.2 Å². The molecule has 0 aromatic heterocycles. The van der Waals surface area contributed by atoms with Gasteiger partial charge in [-0.25, -0.2) is 4.79 Å². The van der Waals surface area contributed by atoms with Crippen LogP contribution in [0.5, 0.6) is 0 Å². The van der Waals surface area contributed by atoms with Crippen LogP contribution in [0.15, 0.2) is 0 Å². The van der Waals surface area contributed by atoms with Crippen LogP contribution >= 0.6 is 0 Å². The van der Waals surface area contributed by atoms with Crippen molar-refractivity contribution in [3.05, 3.63) is 0 Å². The normalized spacial score (nSPS) is 13.3. The number of amides is 1. The van der Waals surface area contributed by atoms with Gasteiger partial charge in [-0.1, -0.05) is 6.92 Å². The summed E-state index contributed by atoms with van der Waals surface area (Å²) in [6.07, 6.45) is -4.35.